The van der Waals surface area contributed by atoms with Crippen LogP contribution in [0.5, 0.6) is 5.75 Å². The number of ether oxygens (including phenoxy) is 3. The van der Waals surface area contributed by atoms with Crippen LogP contribution in [0.1, 0.15) is 95.6 Å². The van der Waals surface area contributed by atoms with Gasteiger partial charge in [-0.1, -0.05) is 62.6 Å². The number of benzene rings is 2. The maximum atomic E-state index is 15.0. The predicted molar refractivity (Wildman–Crippen MR) is 160 cm³/mol. The van der Waals surface area contributed by atoms with Crippen LogP contribution in [-0.4, -0.2) is 20.2 Å². The molecule has 3 aromatic rings. The van der Waals surface area contributed by atoms with E-state index in [1.807, 2.05) is 36.4 Å². The van der Waals surface area contributed by atoms with Crippen LogP contribution in [-0.2, 0) is 22.5 Å². The van der Waals surface area contributed by atoms with Crippen LogP contribution in [0.4, 0.5) is 4.39 Å². The van der Waals surface area contributed by atoms with Gasteiger partial charge in [0.05, 0.1) is 26.9 Å². The summed E-state index contributed by atoms with van der Waals surface area (Å²) in [7, 11) is 3.07. The van der Waals surface area contributed by atoms with Gasteiger partial charge in [0.25, 0.3) is 0 Å². The van der Waals surface area contributed by atoms with E-state index in [0.717, 1.165) is 77.8 Å². The van der Waals surface area contributed by atoms with Crippen LogP contribution in [0.25, 0.3) is 5.57 Å². The second kappa shape index (κ2) is 15.2. The molecule has 4 nitrogen and oxygen atoms in total. The minimum absolute atomic E-state index is 0.00146. The molecule has 1 heterocycles. The second-order valence-corrected chi connectivity index (χ2v) is 11.6. The number of carbonyl (C=O) groups excluding carboxylic acids is 1. The molecule has 1 unspecified atom stereocenters. The molecule has 4 rings (SSSR count). The first-order valence-corrected chi connectivity index (χ1v) is 15.2. The number of halogens is 1. The summed E-state index contributed by atoms with van der Waals surface area (Å²) >= 11 is 1.48. The Morgan fingerprint density at radius 1 is 1.00 bits per heavy atom. The maximum Gasteiger partial charge on any atom is 0.348 e. The molecular formula is C34H41FO4S. The third-order valence-corrected chi connectivity index (χ3v) is 8.84. The fourth-order valence-electron chi connectivity index (χ4n) is 5.45. The Bertz CT molecular complexity index is 1250. The van der Waals surface area contributed by atoms with Crippen molar-refractivity contribution in [3.05, 3.63) is 92.9 Å². The highest BCUT2D eigenvalue weighted by Gasteiger charge is 2.27. The summed E-state index contributed by atoms with van der Waals surface area (Å²) in [5.74, 6) is 0.793. The first-order chi connectivity index (χ1) is 19.5. The number of esters is 1. The van der Waals surface area contributed by atoms with Crippen LogP contribution in [0, 0.1) is 5.92 Å². The Balaban J connectivity index is 1.38. The van der Waals surface area contributed by atoms with E-state index >= 15 is 4.39 Å². The molecule has 2 atom stereocenters. The smallest absolute Gasteiger partial charge is 0.348 e. The average Bonchev–Trinajstić information content (AvgIpc) is 3.61. The molecule has 1 aliphatic carbocycles. The lowest BCUT2D eigenvalue weighted by atomic mass is 9.89. The molecule has 0 saturated heterocycles. The van der Waals surface area contributed by atoms with Gasteiger partial charge < -0.3 is 14.2 Å². The number of unbranched alkanes of at least 4 members (excludes halogenated alkanes) is 2. The highest BCUT2D eigenvalue weighted by Crippen LogP contribution is 2.42. The summed E-state index contributed by atoms with van der Waals surface area (Å²) in [5.41, 5.74) is 4.11. The number of methoxy groups -OCH3 is 2. The lowest BCUT2D eigenvalue weighted by molar-refractivity contribution is 0.0322. The van der Waals surface area contributed by atoms with Gasteiger partial charge in [0.15, 0.2) is 0 Å². The summed E-state index contributed by atoms with van der Waals surface area (Å²) in [6.45, 7) is 2.75. The number of aryl methyl sites for hydroxylation is 1. The minimum Gasteiger partial charge on any atom is -0.497 e. The first-order valence-electron chi connectivity index (χ1n) is 14.4. The van der Waals surface area contributed by atoms with Crippen molar-refractivity contribution in [1.29, 1.82) is 0 Å². The molecule has 0 saturated carbocycles. The highest BCUT2D eigenvalue weighted by atomic mass is 32.1. The van der Waals surface area contributed by atoms with Crippen LogP contribution in [0.3, 0.4) is 0 Å². The number of carbonyl (C=O) groups is 1. The third-order valence-electron chi connectivity index (χ3n) is 7.71. The summed E-state index contributed by atoms with van der Waals surface area (Å²) in [6.07, 6.45) is 8.55. The van der Waals surface area contributed by atoms with Crippen molar-refractivity contribution in [2.45, 2.75) is 77.4 Å². The van der Waals surface area contributed by atoms with E-state index in [-0.39, 0.29) is 23.8 Å². The largest absolute Gasteiger partial charge is 0.497 e. The Hall–Kier alpha value is -2.96. The lowest BCUT2D eigenvalue weighted by Gasteiger charge is -2.20. The normalized spacial score (nSPS) is 15.8. The Labute approximate surface area is 242 Å². The zero-order valence-electron chi connectivity index (χ0n) is 23.9. The van der Waals surface area contributed by atoms with Gasteiger partial charge in [-0.3, -0.25) is 0 Å². The Morgan fingerprint density at radius 2 is 1.77 bits per heavy atom. The number of hydrogen-bond acceptors (Lipinski definition) is 5. The van der Waals surface area contributed by atoms with Gasteiger partial charge in [0.1, 0.15) is 16.5 Å². The number of thiophene rings is 1. The van der Waals surface area contributed by atoms with E-state index in [1.165, 1.54) is 24.9 Å². The van der Waals surface area contributed by atoms with Crippen LogP contribution in [0.2, 0.25) is 0 Å². The minimum atomic E-state index is -0.290. The van der Waals surface area contributed by atoms with Crippen molar-refractivity contribution in [3.63, 3.8) is 0 Å². The Kier molecular flexibility index (Phi) is 11.4. The van der Waals surface area contributed by atoms with E-state index in [9.17, 15) is 4.79 Å². The SMILES string of the molecule is CCCCC[C@H](OCc1ccc(OC)cc1)c1ccc(C2=C(F)CCC2CCCc2ccc(C(=O)OC)s2)cc1. The van der Waals surface area contributed by atoms with Gasteiger partial charge in [-0.25, -0.2) is 9.18 Å². The molecule has 0 aliphatic heterocycles. The number of allylic oxidation sites excluding steroid dienone is 2. The molecule has 2 aromatic carbocycles. The number of rotatable bonds is 15. The van der Waals surface area contributed by atoms with Gasteiger partial charge >= 0.3 is 5.97 Å². The van der Waals surface area contributed by atoms with Crippen molar-refractivity contribution < 1.29 is 23.4 Å². The van der Waals surface area contributed by atoms with Crippen LogP contribution >= 0.6 is 11.3 Å². The van der Waals surface area contributed by atoms with Gasteiger partial charge in [-0.05, 0) is 84.6 Å². The van der Waals surface area contributed by atoms with Gasteiger partial charge in [0, 0.05) is 11.3 Å². The van der Waals surface area contributed by atoms with Gasteiger partial charge in [0.2, 0.25) is 0 Å². The average molecular weight is 565 g/mol. The fraction of sp³-hybridized carbons (Fsp3) is 0.441. The zero-order chi connectivity index (χ0) is 28.3. The molecule has 0 bridgehead atoms. The van der Waals surface area contributed by atoms with Gasteiger partial charge in [-0.15, -0.1) is 11.3 Å². The van der Waals surface area contributed by atoms with Crippen LogP contribution in [0.15, 0.2) is 66.5 Å². The molecule has 214 valence electrons. The molecule has 40 heavy (non-hydrogen) atoms. The third kappa shape index (κ3) is 8.05. The number of hydrogen-bond donors (Lipinski definition) is 0. The molecule has 1 aliphatic rings. The summed E-state index contributed by atoms with van der Waals surface area (Å²) in [6, 6.07) is 20.2. The Morgan fingerprint density at radius 3 is 2.48 bits per heavy atom. The molecule has 0 spiro atoms. The van der Waals surface area contributed by atoms with Crippen molar-refractivity contribution in [2.75, 3.05) is 14.2 Å². The summed E-state index contributed by atoms with van der Waals surface area (Å²) < 4.78 is 31.5. The molecule has 0 amide bonds. The second-order valence-electron chi connectivity index (χ2n) is 10.5. The maximum absolute atomic E-state index is 15.0. The van der Waals surface area contributed by atoms with E-state index in [2.05, 4.69) is 31.2 Å². The fourth-order valence-corrected chi connectivity index (χ4v) is 6.42. The standard InChI is InChI=1S/C34H41FO4S/c1-4-5-6-10-31(39-23-24-11-18-28(37-2)19-12-24)25-13-15-27(16-14-25)33-26(17-21-30(33)35)8-7-9-29-20-22-32(40-29)34(36)38-3/h11-16,18-20,22,26,31H,4-10,17,21,23H2,1-3H3/t26?,31-/m0/s1. The topological polar surface area (TPSA) is 44.8 Å². The predicted octanol–water partition coefficient (Wildman–Crippen LogP) is 9.49. The summed E-state index contributed by atoms with van der Waals surface area (Å²) in [5, 5.41) is 0. The van der Waals surface area contributed by atoms with E-state index in [4.69, 9.17) is 14.2 Å². The lowest BCUT2D eigenvalue weighted by Crippen LogP contribution is -2.06. The molecule has 0 N–H and O–H groups in total. The van der Waals surface area contributed by atoms with Gasteiger partial charge in [-0.2, -0.15) is 0 Å². The quantitative estimate of drug-likeness (QED) is 0.136. The summed E-state index contributed by atoms with van der Waals surface area (Å²) in [4.78, 5) is 13.5. The van der Waals surface area contributed by atoms with E-state index in [0.29, 0.717) is 17.9 Å². The highest BCUT2D eigenvalue weighted by molar-refractivity contribution is 7.13. The molecule has 0 radical (unpaired) electrons. The van der Waals surface area contributed by atoms with E-state index in [1.54, 1.807) is 7.11 Å². The zero-order valence-corrected chi connectivity index (χ0v) is 24.7. The van der Waals surface area contributed by atoms with Crippen molar-refractivity contribution in [2.24, 2.45) is 5.92 Å². The molecular weight excluding hydrogens is 523 g/mol. The monoisotopic (exact) mass is 564 g/mol. The van der Waals surface area contributed by atoms with Crippen LogP contribution < -0.4 is 4.74 Å². The van der Waals surface area contributed by atoms with E-state index < -0.39 is 0 Å². The molecule has 0 fully saturated rings. The van der Waals surface area contributed by atoms with Crippen molar-refractivity contribution >= 4 is 22.9 Å². The molecule has 6 heteroatoms. The van der Waals surface area contributed by atoms with Crippen molar-refractivity contribution in [1.82, 2.24) is 0 Å². The van der Waals surface area contributed by atoms with Crippen molar-refractivity contribution in [3.8, 4) is 5.75 Å². The molecule has 1 aromatic heterocycles. The first kappa shape index (κ1) is 30.0.